The largest absolute Gasteiger partial charge is 0.394 e. The number of ketones is 1. The molecular formula is C38H59N7O9. The number of nitrogens with zero attached hydrogens (tertiary/aromatic N) is 6. The van der Waals surface area contributed by atoms with Gasteiger partial charge in [-0.05, 0) is 18.6 Å². The minimum Gasteiger partial charge on any atom is -0.394 e. The van der Waals surface area contributed by atoms with Crippen LogP contribution >= 0.6 is 0 Å². The monoisotopic (exact) mass is 757 g/mol. The first-order valence-electron chi connectivity index (χ1n) is 18.7. The number of unbranched alkanes of at least 4 members (excludes halogenated alkanes) is 12. The molecule has 16 heteroatoms. The molecule has 300 valence electrons. The zero-order valence-electron chi connectivity index (χ0n) is 30.5. The van der Waals surface area contributed by atoms with Crippen LogP contribution in [0.25, 0.3) is 0 Å². The third-order valence-electron chi connectivity index (χ3n) is 9.62. The van der Waals surface area contributed by atoms with Gasteiger partial charge in [0.1, 0.15) is 47.9 Å². The molecule has 16 nitrogen and oxygen atoms in total. The van der Waals surface area contributed by atoms with Crippen LogP contribution in [0.5, 0.6) is 0 Å². The highest BCUT2D eigenvalue weighted by Gasteiger charge is 2.46. The lowest BCUT2D eigenvalue weighted by molar-refractivity contribution is -0.118. The number of carbonyl (C=O) groups excluding carboxylic acids is 1. The Labute approximate surface area is 317 Å². The van der Waals surface area contributed by atoms with Crippen molar-refractivity contribution in [2.45, 2.75) is 148 Å². The van der Waals surface area contributed by atoms with Crippen LogP contribution in [0, 0.1) is 34.5 Å². The Balaban J connectivity index is 0.000000444. The summed E-state index contributed by atoms with van der Waals surface area (Å²) in [6.07, 6.45) is 13.5. The van der Waals surface area contributed by atoms with Crippen molar-refractivity contribution in [3.05, 3.63) is 51.2 Å². The summed E-state index contributed by atoms with van der Waals surface area (Å²) in [4.78, 5) is 43.9. The zero-order chi connectivity index (χ0) is 38.8. The molecule has 54 heavy (non-hydrogen) atoms. The molecule has 0 aliphatic carbocycles. The number of rotatable bonds is 20. The van der Waals surface area contributed by atoms with Crippen molar-refractivity contribution < 1.29 is 34.7 Å². The van der Waals surface area contributed by atoms with Gasteiger partial charge in [0.2, 0.25) is 0 Å². The maximum Gasteiger partial charge on any atom is 0.351 e. The van der Waals surface area contributed by atoms with Gasteiger partial charge in [-0.1, -0.05) is 91.4 Å². The Hall–Kier alpha value is -4.03. The molecule has 0 aromatic carbocycles. The van der Waals surface area contributed by atoms with E-state index in [-0.39, 0.29) is 25.4 Å². The fourth-order valence-electron chi connectivity index (χ4n) is 6.54. The summed E-state index contributed by atoms with van der Waals surface area (Å²) in [5, 5.41) is 56.4. The predicted octanol–water partition coefficient (Wildman–Crippen LogP) is 3.08. The van der Waals surface area contributed by atoms with Gasteiger partial charge in [0, 0.05) is 25.2 Å². The molecule has 2 aromatic heterocycles. The Morgan fingerprint density at radius 2 is 1.19 bits per heavy atom. The van der Waals surface area contributed by atoms with E-state index in [2.05, 4.69) is 16.9 Å². The molecule has 4 heterocycles. The minimum absolute atomic E-state index is 0. The number of Topliss-reactive ketones (excluding diaryl/α,β-unsaturated/α-hetero) is 1. The van der Waals surface area contributed by atoms with Crippen molar-refractivity contribution in [1.82, 2.24) is 19.1 Å². The second-order valence-electron chi connectivity index (χ2n) is 13.6. The number of aliphatic hydroxyl groups excluding tert-OH is 4. The molecule has 0 bridgehead atoms. The van der Waals surface area contributed by atoms with Crippen LogP contribution in [-0.2, 0) is 20.7 Å². The average Bonchev–Trinajstić information content (AvgIpc) is 3.64. The molecule has 6 N–H and O–H groups in total. The molecule has 2 aliphatic heterocycles. The number of nitrogen functional groups attached to an aromatic ring is 1. The van der Waals surface area contributed by atoms with Crippen molar-refractivity contribution in [2.24, 2.45) is 11.8 Å². The maximum atomic E-state index is 12.5. The molecule has 0 spiro atoms. The molecule has 8 atom stereocenters. The third-order valence-corrected chi connectivity index (χ3v) is 9.62. The smallest absolute Gasteiger partial charge is 0.351 e. The van der Waals surface area contributed by atoms with Crippen LogP contribution in [0.15, 0.2) is 34.1 Å². The third kappa shape index (κ3) is 13.4. The van der Waals surface area contributed by atoms with Crippen molar-refractivity contribution in [1.29, 1.82) is 10.5 Å². The van der Waals surface area contributed by atoms with Gasteiger partial charge in [-0.15, -0.1) is 0 Å². The topological polar surface area (TPSA) is 260 Å². The van der Waals surface area contributed by atoms with E-state index < -0.39 is 73.3 Å². The van der Waals surface area contributed by atoms with E-state index in [1.807, 2.05) is 12.1 Å². The highest BCUT2D eigenvalue weighted by molar-refractivity contribution is 5.80. The van der Waals surface area contributed by atoms with E-state index in [9.17, 15) is 35.0 Å². The first kappa shape index (κ1) is 46.1. The predicted molar refractivity (Wildman–Crippen MR) is 199 cm³/mol. The number of carbonyl (C=O) groups is 1. The van der Waals surface area contributed by atoms with Gasteiger partial charge in [-0.3, -0.25) is 13.9 Å². The summed E-state index contributed by atoms with van der Waals surface area (Å²) in [6, 6.07) is 6.75. The average molecular weight is 758 g/mol. The van der Waals surface area contributed by atoms with Crippen molar-refractivity contribution >= 4 is 11.6 Å². The summed E-state index contributed by atoms with van der Waals surface area (Å²) in [6.45, 7) is 1.35. The maximum absolute atomic E-state index is 12.5. The Morgan fingerprint density at radius 1 is 0.759 bits per heavy atom. The highest BCUT2D eigenvalue weighted by atomic mass is 16.5. The summed E-state index contributed by atoms with van der Waals surface area (Å²) in [5.74, 6) is -1.83. The van der Waals surface area contributed by atoms with Crippen molar-refractivity contribution in [3.8, 4) is 12.1 Å². The lowest BCUT2D eigenvalue weighted by atomic mass is 10.0. The Morgan fingerprint density at radius 3 is 1.59 bits per heavy atom. The lowest BCUT2D eigenvalue weighted by Gasteiger charge is -2.16. The van der Waals surface area contributed by atoms with Crippen LogP contribution in [0.2, 0.25) is 0 Å². The van der Waals surface area contributed by atoms with Crippen LogP contribution in [-0.4, -0.2) is 82.9 Å². The lowest BCUT2D eigenvalue weighted by Crippen LogP contribution is -2.32. The number of nitriles is 2. The molecule has 4 rings (SSSR count). The summed E-state index contributed by atoms with van der Waals surface area (Å²) >= 11 is 0. The molecule has 2 aliphatic rings. The summed E-state index contributed by atoms with van der Waals surface area (Å²) in [5.41, 5.74) is 4.42. The van der Waals surface area contributed by atoms with E-state index in [0.717, 1.165) is 28.4 Å². The Bertz CT molecular complexity index is 1620. The molecular weight excluding hydrogens is 698 g/mol. The van der Waals surface area contributed by atoms with E-state index in [4.69, 9.17) is 25.6 Å². The standard InChI is InChI=1S/C27H43N3O5.C10H12N4O4.CH4/c1-2-3-4-5-6-7-8-9-10-11-12-13-14-15-22(32)18-21-16-17-30(27(34)29-21)26-23(19-28)25(33)24(20-31)35-26;11-3-5-8(16)6(4-15)18-9(5)14-2-1-7(12)13-10(14)17;/h16-17,23-26,31,33H,2-15,18,20H2,1H3;1-2,5-6,8-9,15-16H,4H2,(H2,12,13,17);1H4/t23-,24+,25-,26?;5-,6+,8-,9?;/m00./s1. The molecule has 2 aromatic rings. The zero-order valence-corrected chi connectivity index (χ0v) is 30.5. The van der Waals surface area contributed by atoms with E-state index >= 15 is 0 Å². The molecule has 2 fully saturated rings. The fraction of sp³-hybridized carbons (Fsp3) is 0.711. The quantitative estimate of drug-likeness (QED) is 0.122. The SMILES string of the molecule is C.CCCCCCCCCCCCCCCC(=O)Cc1ccn(C2O[C@H](CO)[C@@H](O)[C@@H]2C#N)c(=O)n1.N#C[C@@H]1C(n2ccc(N)nc2=O)O[C@H](CO)[C@H]1O. The van der Waals surface area contributed by atoms with Crippen molar-refractivity contribution in [2.75, 3.05) is 18.9 Å². The van der Waals surface area contributed by atoms with E-state index in [1.165, 1.54) is 82.7 Å². The van der Waals surface area contributed by atoms with Crippen LogP contribution in [0.4, 0.5) is 5.82 Å². The number of anilines is 1. The number of aliphatic hydroxyl groups is 4. The first-order chi connectivity index (χ1) is 25.6. The molecule has 0 saturated carbocycles. The van der Waals surface area contributed by atoms with Gasteiger partial charge in [-0.25, -0.2) is 9.59 Å². The Kier molecular flexibility index (Phi) is 20.8. The molecule has 0 radical (unpaired) electrons. The van der Waals surface area contributed by atoms with Gasteiger partial charge in [0.15, 0.2) is 12.5 Å². The van der Waals surface area contributed by atoms with Gasteiger partial charge < -0.3 is 35.6 Å². The fourth-order valence-corrected chi connectivity index (χ4v) is 6.54. The minimum atomic E-state index is -1.19. The number of ether oxygens (including phenoxy) is 2. The molecule has 2 saturated heterocycles. The second-order valence-corrected chi connectivity index (χ2v) is 13.6. The highest BCUT2D eigenvalue weighted by Crippen LogP contribution is 2.34. The normalized spacial score (nSPS) is 24.5. The summed E-state index contributed by atoms with van der Waals surface area (Å²) in [7, 11) is 0. The molecule has 0 amide bonds. The van der Waals surface area contributed by atoms with Crippen LogP contribution in [0.3, 0.4) is 0 Å². The summed E-state index contributed by atoms with van der Waals surface area (Å²) < 4.78 is 13.0. The van der Waals surface area contributed by atoms with Gasteiger partial charge in [0.25, 0.3) is 0 Å². The van der Waals surface area contributed by atoms with E-state index in [0.29, 0.717) is 12.1 Å². The van der Waals surface area contributed by atoms with Gasteiger partial charge in [0.05, 0.1) is 31.0 Å². The van der Waals surface area contributed by atoms with Gasteiger partial charge in [-0.2, -0.15) is 20.5 Å². The second kappa shape index (κ2) is 24.4. The van der Waals surface area contributed by atoms with Crippen molar-refractivity contribution in [3.63, 3.8) is 0 Å². The number of hydrogen-bond acceptors (Lipinski definition) is 14. The number of nitrogens with two attached hydrogens (primary N) is 1. The van der Waals surface area contributed by atoms with Crippen LogP contribution < -0.4 is 17.1 Å². The number of aromatic nitrogens is 4. The van der Waals surface area contributed by atoms with E-state index in [1.54, 1.807) is 6.07 Å². The first-order valence-corrected chi connectivity index (χ1v) is 18.7. The molecule has 2 unspecified atom stereocenters. The van der Waals surface area contributed by atoms with Gasteiger partial charge >= 0.3 is 11.4 Å². The van der Waals surface area contributed by atoms with Crippen LogP contribution in [0.1, 0.15) is 122 Å². The number of hydrogen-bond donors (Lipinski definition) is 5.